The van der Waals surface area contributed by atoms with E-state index < -0.39 is 0 Å². The van der Waals surface area contributed by atoms with Gasteiger partial charge in [-0.05, 0) is 12.5 Å². The van der Waals surface area contributed by atoms with Gasteiger partial charge in [0, 0.05) is 37.2 Å². The molecule has 0 amide bonds. The van der Waals surface area contributed by atoms with Gasteiger partial charge in [0.05, 0.1) is 26.0 Å². The van der Waals surface area contributed by atoms with Crippen molar-refractivity contribution in [3.8, 4) is 5.75 Å². The van der Waals surface area contributed by atoms with E-state index in [0.29, 0.717) is 25.6 Å². The van der Waals surface area contributed by atoms with Gasteiger partial charge >= 0.3 is 0 Å². The monoisotopic (exact) mass is 329 g/mol. The molecule has 0 spiro atoms. The molecule has 0 radical (unpaired) electrons. The van der Waals surface area contributed by atoms with Crippen LogP contribution in [0.3, 0.4) is 0 Å². The summed E-state index contributed by atoms with van der Waals surface area (Å²) in [6.45, 7) is 2.66. The molecule has 0 bridgehead atoms. The molecule has 1 N–H and O–H groups in total. The lowest BCUT2D eigenvalue weighted by Gasteiger charge is -2.24. The summed E-state index contributed by atoms with van der Waals surface area (Å²) in [4.78, 5) is 10.8. The van der Waals surface area contributed by atoms with Crippen molar-refractivity contribution in [2.75, 3.05) is 38.4 Å². The summed E-state index contributed by atoms with van der Waals surface area (Å²) in [5.74, 6) is 1.97. The number of hydrogen-bond donors (Lipinski definition) is 1. The van der Waals surface area contributed by atoms with Gasteiger partial charge < -0.3 is 19.5 Å². The molecule has 6 heteroatoms. The number of para-hydroxylation sites is 1. The predicted molar refractivity (Wildman–Crippen MR) is 91.3 cm³/mol. The van der Waals surface area contributed by atoms with Crippen LogP contribution in [0.2, 0.25) is 0 Å². The third-order valence-corrected chi connectivity index (χ3v) is 4.27. The Hall–Kier alpha value is -2.18. The number of rotatable bonds is 7. The second-order valence-corrected chi connectivity index (χ2v) is 5.82. The normalized spacial score (nSPS) is 17.0. The zero-order valence-corrected chi connectivity index (χ0v) is 13.9. The van der Waals surface area contributed by atoms with E-state index in [1.807, 2.05) is 35.2 Å². The third kappa shape index (κ3) is 3.83. The Labute approximate surface area is 142 Å². The minimum atomic E-state index is 0.0566. The molecule has 0 unspecified atom stereocenters. The number of nitrogens with zero attached hydrogens (tertiary/aromatic N) is 3. The van der Waals surface area contributed by atoms with Crippen molar-refractivity contribution in [3.05, 3.63) is 47.9 Å². The van der Waals surface area contributed by atoms with E-state index in [1.165, 1.54) is 0 Å². The van der Waals surface area contributed by atoms with Gasteiger partial charge in [0.15, 0.2) is 0 Å². The minimum Gasteiger partial charge on any atom is -0.496 e. The van der Waals surface area contributed by atoms with E-state index in [0.717, 1.165) is 35.9 Å². The molecule has 1 atom stereocenters. The van der Waals surface area contributed by atoms with Gasteiger partial charge in [-0.15, -0.1) is 0 Å². The summed E-state index contributed by atoms with van der Waals surface area (Å²) in [6.07, 6.45) is 2.58. The van der Waals surface area contributed by atoms with Crippen LogP contribution in [0.5, 0.6) is 5.75 Å². The summed E-state index contributed by atoms with van der Waals surface area (Å²) in [6, 6.07) is 9.89. The molecule has 1 fully saturated rings. The highest BCUT2D eigenvalue weighted by molar-refractivity contribution is 5.43. The van der Waals surface area contributed by atoms with E-state index in [1.54, 1.807) is 13.4 Å². The fourth-order valence-corrected chi connectivity index (χ4v) is 2.96. The van der Waals surface area contributed by atoms with Gasteiger partial charge in [-0.1, -0.05) is 18.2 Å². The molecule has 3 rings (SSSR count). The molecule has 6 nitrogen and oxygen atoms in total. The van der Waals surface area contributed by atoms with E-state index in [2.05, 4.69) is 9.97 Å². The van der Waals surface area contributed by atoms with Crippen LogP contribution in [0.1, 0.15) is 23.6 Å². The summed E-state index contributed by atoms with van der Waals surface area (Å²) < 4.78 is 10.9. The Morgan fingerprint density at radius 2 is 2.21 bits per heavy atom. The number of methoxy groups -OCH3 is 1. The lowest BCUT2D eigenvalue weighted by atomic mass is 10.0. The summed E-state index contributed by atoms with van der Waals surface area (Å²) in [7, 11) is 1.66. The Bertz CT molecular complexity index is 659. The molecule has 1 saturated heterocycles. The average Bonchev–Trinajstić information content (AvgIpc) is 3.17. The van der Waals surface area contributed by atoms with Crippen LogP contribution in [-0.2, 0) is 11.3 Å². The molecule has 24 heavy (non-hydrogen) atoms. The summed E-state index contributed by atoms with van der Waals surface area (Å²) in [5, 5.41) is 9.45. The molecule has 1 aromatic heterocycles. The van der Waals surface area contributed by atoms with Crippen molar-refractivity contribution in [2.45, 2.75) is 18.9 Å². The largest absolute Gasteiger partial charge is 0.496 e. The molecular weight excluding hydrogens is 306 g/mol. The first kappa shape index (κ1) is 16.7. The highest BCUT2D eigenvalue weighted by Gasteiger charge is 2.21. The zero-order chi connectivity index (χ0) is 16.8. The molecule has 1 aliphatic rings. The van der Waals surface area contributed by atoms with Crippen molar-refractivity contribution in [1.29, 1.82) is 0 Å². The highest BCUT2D eigenvalue weighted by Crippen LogP contribution is 2.27. The van der Waals surface area contributed by atoms with Crippen LogP contribution in [0.25, 0.3) is 0 Å². The van der Waals surface area contributed by atoms with Crippen LogP contribution in [-0.4, -0.2) is 48.5 Å². The van der Waals surface area contributed by atoms with Crippen molar-refractivity contribution in [3.63, 3.8) is 0 Å². The van der Waals surface area contributed by atoms with E-state index in [-0.39, 0.29) is 6.61 Å². The van der Waals surface area contributed by atoms with Crippen LogP contribution in [0.4, 0.5) is 5.82 Å². The maximum Gasteiger partial charge on any atom is 0.132 e. The highest BCUT2D eigenvalue weighted by atomic mass is 16.5. The van der Waals surface area contributed by atoms with Gasteiger partial charge in [-0.2, -0.15) is 0 Å². The van der Waals surface area contributed by atoms with Gasteiger partial charge in [0.1, 0.15) is 17.9 Å². The van der Waals surface area contributed by atoms with E-state index in [9.17, 15) is 5.11 Å². The number of aromatic nitrogens is 2. The number of aliphatic hydroxyl groups is 1. The first-order valence-corrected chi connectivity index (χ1v) is 8.19. The van der Waals surface area contributed by atoms with Crippen LogP contribution in [0.15, 0.2) is 36.7 Å². The Balaban J connectivity index is 1.83. The van der Waals surface area contributed by atoms with Crippen molar-refractivity contribution in [2.24, 2.45) is 0 Å². The quantitative estimate of drug-likeness (QED) is 0.838. The third-order valence-electron chi connectivity index (χ3n) is 4.27. The Morgan fingerprint density at radius 1 is 1.33 bits per heavy atom. The van der Waals surface area contributed by atoms with Gasteiger partial charge in [-0.25, -0.2) is 9.97 Å². The summed E-state index contributed by atoms with van der Waals surface area (Å²) >= 11 is 0. The molecule has 1 aliphatic heterocycles. The van der Waals surface area contributed by atoms with Crippen LogP contribution in [0, 0.1) is 0 Å². The predicted octanol–water partition coefficient (Wildman–Crippen LogP) is 1.99. The SMILES string of the molecule is COc1ccccc1CN(CCO)c1cc([C@@H]2CCOC2)ncn1. The van der Waals surface area contributed by atoms with E-state index >= 15 is 0 Å². The van der Waals surface area contributed by atoms with Crippen LogP contribution < -0.4 is 9.64 Å². The average molecular weight is 329 g/mol. The minimum absolute atomic E-state index is 0.0566. The number of anilines is 1. The number of hydrogen-bond acceptors (Lipinski definition) is 6. The first-order valence-electron chi connectivity index (χ1n) is 8.19. The number of ether oxygens (including phenoxy) is 2. The number of aliphatic hydroxyl groups excluding tert-OH is 1. The standard InChI is InChI=1S/C18H23N3O3/c1-23-17-5-3-2-4-14(17)11-21(7-8-22)18-10-16(19-13-20-18)15-6-9-24-12-15/h2-5,10,13,15,22H,6-9,11-12H2,1H3/t15-/m1/s1. The van der Waals surface area contributed by atoms with Gasteiger partial charge in [-0.3, -0.25) is 0 Å². The van der Waals surface area contributed by atoms with Crippen LogP contribution >= 0.6 is 0 Å². The van der Waals surface area contributed by atoms with Crippen molar-refractivity contribution in [1.82, 2.24) is 9.97 Å². The topological polar surface area (TPSA) is 67.7 Å². The van der Waals surface area contributed by atoms with Gasteiger partial charge in [0.25, 0.3) is 0 Å². The molecule has 2 heterocycles. The molecular formula is C18H23N3O3. The lowest BCUT2D eigenvalue weighted by molar-refractivity contribution is 0.193. The second kappa shape index (κ2) is 8.08. The fraction of sp³-hybridized carbons (Fsp3) is 0.444. The molecule has 128 valence electrons. The molecule has 2 aromatic rings. The number of benzene rings is 1. The second-order valence-electron chi connectivity index (χ2n) is 5.82. The molecule has 0 saturated carbocycles. The molecule has 0 aliphatic carbocycles. The Kier molecular flexibility index (Phi) is 5.61. The Morgan fingerprint density at radius 3 is 2.96 bits per heavy atom. The smallest absolute Gasteiger partial charge is 0.132 e. The maximum atomic E-state index is 9.45. The summed E-state index contributed by atoms with van der Waals surface area (Å²) in [5.41, 5.74) is 2.05. The van der Waals surface area contributed by atoms with Gasteiger partial charge in [0.2, 0.25) is 0 Å². The van der Waals surface area contributed by atoms with Crippen molar-refractivity contribution >= 4 is 5.82 Å². The first-order chi connectivity index (χ1) is 11.8. The zero-order valence-electron chi connectivity index (χ0n) is 13.9. The lowest BCUT2D eigenvalue weighted by Crippen LogP contribution is -2.27. The van der Waals surface area contributed by atoms with E-state index in [4.69, 9.17) is 9.47 Å². The maximum absolute atomic E-state index is 9.45. The fourth-order valence-electron chi connectivity index (χ4n) is 2.96. The van der Waals surface area contributed by atoms with Crippen molar-refractivity contribution < 1.29 is 14.6 Å². The molecule has 1 aromatic carbocycles.